The van der Waals surface area contributed by atoms with E-state index >= 15 is 0 Å². The van der Waals surface area contributed by atoms with Crippen molar-refractivity contribution < 1.29 is 13.6 Å². The number of halogens is 4. The number of likely N-dealkylation sites (tertiary alicyclic amines) is 1. The Kier molecular flexibility index (Phi) is 7.29. The number of carbonyl (C=O) groups is 1. The number of nitrogens with one attached hydrogen (secondary N) is 1. The summed E-state index contributed by atoms with van der Waals surface area (Å²) in [4.78, 5) is 14.1. The molecule has 0 spiro atoms. The fourth-order valence-corrected chi connectivity index (χ4v) is 3.15. The van der Waals surface area contributed by atoms with Crippen LogP contribution in [0.2, 0.25) is 0 Å². The summed E-state index contributed by atoms with van der Waals surface area (Å²) in [5.41, 5.74) is 0.247. The molecule has 0 radical (unpaired) electrons. The van der Waals surface area contributed by atoms with E-state index in [0.29, 0.717) is 22.6 Å². The summed E-state index contributed by atoms with van der Waals surface area (Å²) in [5.74, 6) is -1.53. The molecule has 118 valence electrons. The highest BCUT2D eigenvalue weighted by molar-refractivity contribution is 14.1. The fourth-order valence-electron chi connectivity index (χ4n) is 2.49. The van der Waals surface area contributed by atoms with Crippen LogP contribution in [-0.4, -0.2) is 37.5 Å². The van der Waals surface area contributed by atoms with Crippen LogP contribution in [0.1, 0.15) is 23.2 Å². The van der Waals surface area contributed by atoms with Crippen molar-refractivity contribution in [3.8, 4) is 0 Å². The van der Waals surface area contributed by atoms with Crippen molar-refractivity contribution in [2.24, 2.45) is 5.92 Å². The highest BCUT2D eigenvalue weighted by atomic mass is 127. The van der Waals surface area contributed by atoms with Gasteiger partial charge in [0.2, 0.25) is 0 Å². The summed E-state index contributed by atoms with van der Waals surface area (Å²) in [7, 11) is 1.92. The van der Waals surface area contributed by atoms with Gasteiger partial charge in [0.05, 0.1) is 5.56 Å². The van der Waals surface area contributed by atoms with Gasteiger partial charge in [0.15, 0.2) is 11.6 Å². The summed E-state index contributed by atoms with van der Waals surface area (Å²) in [6.07, 6.45) is 1.87. The van der Waals surface area contributed by atoms with Crippen molar-refractivity contribution in [3.05, 3.63) is 32.9 Å². The van der Waals surface area contributed by atoms with Crippen LogP contribution in [-0.2, 0) is 0 Å². The molecule has 2 rings (SSSR count). The van der Waals surface area contributed by atoms with Crippen LogP contribution in [0.5, 0.6) is 0 Å². The maximum atomic E-state index is 13.3. The highest BCUT2D eigenvalue weighted by Crippen LogP contribution is 2.22. The maximum Gasteiger partial charge on any atom is 0.255 e. The Morgan fingerprint density at radius 2 is 1.90 bits per heavy atom. The van der Waals surface area contributed by atoms with Gasteiger partial charge in [-0.2, -0.15) is 0 Å². The maximum absolute atomic E-state index is 13.3. The zero-order chi connectivity index (χ0) is 14.7. The van der Waals surface area contributed by atoms with E-state index in [9.17, 15) is 13.6 Å². The minimum absolute atomic E-state index is 0. The molecule has 1 saturated heterocycles. The molecule has 0 aliphatic carbocycles. The topological polar surface area (TPSA) is 32.3 Å². The molecule has 1 heterocycles. The molecule has 3 nitrogen and oxygen atoms in total. The Balaban J connectivity index is 0.00000220. The van der Waals surface area contributed by atoms with Gasteiger partial charge in [-0.05, 0) is 67.1 Å². The van der Waals surface area contributed by atoms with Crippen LogP contribution < -0.4 is 5.32 Å². The molecular formula is C14H18ClF2IN2O. The Bertz CT molecular complexity index is 508. The molecule has 1 aliphatic heterocycles. The summed E-state index contributed by atoms with van der Waals surface area (Å²) >= 11 is 1.87. The predicted octanol–water partition coefficient (Wildman–Crippen LogP) is 3.06. The first-order chi connectivity index (χ1) is 9.52. The Labute approximate surface area is 143 Å². The monoisotopic (exact) mass is 430 g/mol. The molecule has 1 fully saturated rings. The van der Waals surface area contributed by atoms with E-state index < -0.39 is 11.6 Å². The number of benzene rings is 1. The number of nitrogens with zero attached hydrogens (tertiary/aromatic N) is 1. The number of amides is 1. The van der Waals surface area contributed by atoms with E-state index in [2.05, 4.69) is 5.32 Å². The van der Waals surface area contributed by atoms with E-state index in [4.69, 9.17) is 0 Å². The second-order valence-electron chi connectivity index (χ2n) is 5.04. The van der Waals surface area contributed by atoms with Crippen LogP contribution >= 0.6 is 35.0 Å². The molecule has 1 aliphatic rings. The lowest BCUT2D eigenvalue weighted by Gasteiger charge is -2.32. The van der Waals surface area contributed by atoms with Gasteiger partial charge in [-0.25, -0.2) is 8.78 Å². The van der Waals surface area contributed by atoms with Gasteiger partial charge in [-0.3, -0.25) is 4.79 Å². The summed E-state index contributed by atoms with van der Waals surface area (Å²) in [6, 6.07) is 2.07. The molecule has 0 aromatic heterocycles. The third kappa shape index (κ3) is 4.50. The van der Waals surface area contributed by atoms with Crippen LogP contribution in [0, 0.1) is 21.1 Å². The molecule has 0 unspecified atom stereocenters. The largest absolute Gasteiger partial charge is 0.339 e. The van der Waals surface area contributed by atoms with Gasteiger partial charge >= 0.3 is 0 Å². The number of rotatable bonds is 3. The predicted molar refractivity (Wildman–Crippen MR) is 88.9 cm³/mol. The Morgan fingerprint density at radius 3 is 2.48 bits per heavy atom. The minimum atomic E-state index is -0.973. The SMILES string of the molecule is CNCC1CCN(C(=O)c2cc(F)c(F)cc2I)CC1.Cl. The molecule has 1 N–H and O–H groups in total. The normalized spacial score (nSPS) is 15.7. The average Bonchev–Trinajstić information content (AvgIpc) is 2.43. The van der Waals surface area contributed by atoms with E-state index in [1.54, 1.807) is 4.90 Å². The van der Waals surface area contributed by atoms with Gasteiger partial charge in [-0.1, -0.05) is 0 Å². The van der Waals surface area contributed by atoms with Gasteiger partial charge in [0.25, 0.3) is 5.91 Å². The van der Waals surface area contributed by atoms with Crippen molar-refractivity contribution in [2.75, 3.05) is 26.7 Å². The third-order valence-electron chi connectivity index (χ3n) is 3.63. The first kappa shape index (κ1) is 18.6. The minimum Gasteiger partial charge on any atom is -0.339 e. The molecule has 0 atom stereocenters. The Morgan fingerprint density at radius 1 is 1.33 bits per heavy atom. The van der Waals surface area contributed by atoms with Crippen LogP contribution in [0.15, 0.2) is 12.1 Å². The van der Waals surface area contributed by atoms with Crippen molar-refractivity contribution in [2.45, 2.75) is 12.8 Å². The molecule has 1 aromatic rings. The standard InChI is InChI=1S/C14H17F2IN2O.ClH/c1-18-8-9-2-4-19(5-3-9)14(20)10-6-11(15)12(16)7-13(10)17;/h6-7,9,18H,2-5,8H2,1H3;1H. The summed E-state index contributed by atoms with van der Waals surface area (Å²) < 4.78 is 26.8. The smallest absolute Gasteiger partial charge is 0.255 e. The van der Waals surface area contributed by atoms with Crippen molar-refractivity contribution in [1.29, 1.82) is 0 Å². The first-order valence-electron chi connectivity index (χ1n) is 6.61. The zero-order valence-corrected chi connectivity index (χ0v) is 14.6. The second kappa shape index (κ2) is 8.24. The lowest BCUT2D eigenvalue weighted by molar-refractivity contribution is 0.0689. The third-order valence-corrected chi connectivity index (χ3v) is 4.53. The van der Waals surface area contributed by atoms with Crippen molar-refractivity contribution in [3.63, 3.8) is 0 Å². The second-order valence-corrected chi connectivity index (χ2v) is 6.20. The number of hydrogen-bond donors (Lipinski definition) is 1. The number of carbonyl (C=O) groups excluding carboxylic acids is 1. The Hall–Kier alpha value is -0.470. The average molecular weight is 431 g/mol. The summed E-state index contributed by atoms with van der Waals surface area (Å²) in [6.45, 7) is 2.28. The number of hydrogen-bond acceptors (Lipinski definition) is 2. The van der Waals surface area contributed by atoms with Crippen molar-refractivity contribution >= 4 is 40.9 Å². The molecule has 1 aromatic carbocycles. The zero-order valence-electron chi connectivity index (χ0n) is 11.7. The molecular weight excluding hydrogens is 413 g/mol. The highest BCUT2D eigenvalue weighted by Gasteiger charge is 2.25. The van der Waals surface area contributed by atoms with E-state index in [-0.39, 0.29) is 23.9 Å². The molecule has 0 bridgehead atoms. The van der Waals surface area contributed by atoms with E-state index in [0.717, 1.165) is 31.5 Å². The quantitative estimate of drug-likeness (QED) is 0.590. The lowest BCUT2D eigenvalue weighted by Crippen LogP contribution is -2.40. The van der Waals surface area contributed by atoms with Gasteiger partial charge < -0.3 is 10.2 Å². The first-order valence-corrected chi connectivity index (χ1v) is 7.69. The van der Waals surface area contributed by atoms with E-state index in [1.807, 2.05) is 29.6 Å². The molecule has 0 saturated carbocycles. The van der Waals surface area contributed by atoms with Gasteiger partial charge in [0.1, 0.15) is 0 Å². The molecule has 21 heavy (non-hydrogen) atoms. The van der Waals surface area contributed by atoms with Crippen LogP contribution in [0.4, 0.5) is 8.78 Å². The van der Waals surface area contributed by atoms with Crippen LogP contribution in [0.3, 0.4) is 0 Å². The van der Waals surface area contributed by atoms with E-state index in [1.165, 1.54) is 0 Å². The molecule has 7 heteroatoms. The summed E-state index contributed by atoms with van der Waals surface area (Å²) in [5, 5.41) is 3.14. The number of piperidine rings is 1. The van der Waals surface area contributed by atoms with Crippen molar-refractivity contribution in [1.82, 2.24) is 10.2 Å². The van der Waals surface area contributed by atoms with Crippen LogP contribution in [0.25, 0.3) is 0 Å². The van der Waals surface area contributed by atoms with Gasteiger partial charge in [0, 0.05) is 16.7 Å². The fraction of sp³-hybridized carbons (Fsp3) is 0.500. The molecule has 1 amide bonds. The van der Waals surface area contributed by atoms with Gasteiger partial charge in [-0.15, -0.1) is 12.4 Å². The lowest BCUT2D eigenvalue weighted by atomic mass is 9.96.